The van der Waals surface area contributed by atoms with Crippen molar-refractivity contribution in [3.63, 3.8) is 0 Å². The molecule has 2 N–H and O–H groups in total. The Labute approximate surface area is 139 Å². The summed E-state index contributed by atoms with van der Waals surface area (Å²) in [5.41, 5.74) is 0.585. The summed E-state index contributed by atoms with van der Waals surface area (Å²) < 4.78 is 0. The van der Waals surface area contributed by atoms with E-state index in [0.717, 1.165) is 24.7 Å². The van der Waals surface area contributed by atoms with Gasteiger partial charge in [-0.3, -0.25) is 4.79 Å². The van der Waals surface area contributed by atoms with Gasteiger partial charge < -0.3 is 10.4 Å². The molecule has 4 rings (SSSR count). The molecular formula is C20H31NO2. The zero-order valence-electron chi connectivity index (χ0n) is 14.6. The molecule has 3 saturated carbocycles. The summed E-state index contributed by atoms with van der Waals surface area (Å²) >= 11 is 0. The maximum atomic E-state index is 11.7. The normalized spacial score (nSPS) is 51.6. The lowest BCUT2D eigenvalue weighted by Crippen LogP contribution is -2.59. The number of carbonyl (C=O) groups excluding carboxylic acids is 1. The van der Waals surface area contributed by atoms with Crippen LogP contribution in [-0.2, 0) is 4.79 Å². The van der Waals surface area contributed by atoms with E-state index in [9.17, 15) is 9.90 Å². The molecule has 0 saturated heterocycles. The predicted octanol–water partition coefficient (Wildman–Crippen LogP) is 3.28. The third kappa shape index (κ3) is 2.15. The van der Waals surface area contributed by atoms with Crippen LogP contribution in [0.15, 0.2) is 12.2 Å². The first kappa shape index (κ1) is 15.7. The molecular weight excluding hydrogens is 286 g/mol. The Hall–Kier alpha value is -0.830. The van der Waals surface area contributed by atoms with Crippen LogP contribution in [0.1, 0.15) is 58.8 Å². The van der Waals surface area contributed by atoms with Gasteiger partial charge in [0, 0.05) is 18.1 Å². The Balaban J connectivity index is 1.63. The number of aliphatic hydroxyl groups excluding tert-OH is 1. The number of carbonyl (C=O) groups is 1. The number of aliphatic hydroxyl groups is 1. The molecule has 23 heavy (non-hydrogen) atoms. The standard InChI is InChI=1S/C20H31NO2/c1-19-10-7-16-14(15(19)5-3-13(19)9-12-22)4-6-17-20(16,2)11-8-18(23)21-17/h8,11,13-17,22H,3-7,9-10,12H2,1-2H3,(H,21,23)/t13-,14-,15-,16-,17+,19+,20+/m0/s1. The van der Waals surface area contributed by atoms with Gasteiger partial charge in [0.05, 0.1) is 0 Å². The van der Waals surface area contributed by atoms with E-state index < -0.39 is 0 Å². The SMILES string of the molecule is C[C@]12C=CC(=O)N[C@@H]1CC[C@@H]1[C@@H]2CC[C@]2(C)[C@H](CCO)CC[C@@H]12. The summed E-state index contributed by atoms with van der Waals surface area (Å²) in [5.74, 6) is 3.14. The quantitative estimate of drug-likeness (QED) is 0.821. The first-order valence-electron chi connectivity index (χ1n) is 9.59. The molecule has 1 heterocycles. The van der Waals surface area contributed by atoms with Crippen molar-refractivity contribution in [3.05, 3.63) is 12.2 Å². The number of amides is 1. The van der Waals surface area contributed by atoms with E-state index >= 15 is 0 Å². The fraction of sp³-hybridized carbons (Fsp3) is 0.850. The van der Waals surface area contributed by atoms with Crippen LogP contribution in [-0.4, -0.2) is 23.7 Å². The largest absolute Gasteiger partial charge is 0.396 e. The highest BCUT2D eigenvalue weighted by molar-refractivity contribution is 5.89. The molecule has 0 bridgehead atoms. The molecule has 1 aliphatic heterocycles. The highest BCUT2D eigenvalue weighted by Gasteiger charge is 2.59. The van der Waals surface area contributed by atoms with Crippen LogP contribution in [0, 0.1) is 34.5 Å². The van der Waals surface area contributed by atoms with Crippen molar-refractivity contribution in [2.24, 2.45) is 34.5 Å². The summed E-state index contributed by atoms with van der Waals surface area (Å²) in [6.07, 6.45) is 12.6. The maximum Gasteiger partial charge on any atom is 0.243 e. The van der Waals surface area contributed by atoms with Crippen molar-refractivity contribution in [2.75, 3.05) is 6.61 Å². The lowest BCUT2D eigenvalue weighted by atomic mass is 9.48. The fourth-order valence-corrected chi connectivity index (χ4v) is 7.07. The van der Waals surface area contributed by atoms with Crippen molar-refractivity contribution in [1.82, 2.24) is 5.32 Å². The molecule has 7 atom stereocenters. The van der Waals surface area contributed by atoms with Gasteiger partial charge >= 0.3 is 0 Å². The molecule has 0 aromatic rings. The van der Waals surface area contributed by atoms with Crippen LogP contribution in [0.2, 0.25) is 0 Å². The van der Waals surface area contributed by atoms with Gasteiger partial charge in [0.15, 0.2) is 0 Å². The van der Waals surface area contributed by atoms with E-state index in [0.29, 0.717) is 29.9 Å². The Morgan fingerprint density at radius 2 is 2.00 bits per heavy atom. The zero-order valence-corrected chi connectivity index (χ0v) is 14.6. The first-order chi connectivity index (χ1) is 11.0. The minimum absolute atomic E-state index is 0.0930. The smallest absolute Gasteiger partial charge is 0.243 e. The monoisotopic (exact) mass is 317 g/mol. The van der Waals surface area contributed by atoms with Crippen molar-refractivity contribution < 1.29 is 9.90 Å². The molecule has 0 aromatic carbocycles. The van der Waals surface area contributed by atoms with E-state index in [4.69, 9.17) is 0 Å². The summed E-state index contributed by atoms with van der Waals surface area (Å²) in [6, 6.07) is 0.334. The van der Waals surface area contributed by atoms with Crippen LogP contribution in [0.5, 0.6) is 0 Å². The Kier molecular flexibility index (Phi) is 3.64. The van der Waals surface area contributed by atoms with E-state index in [2.05, 4.69) is 25.2 Å². The molecule has 4 aliphatic rings. The van der Waals surface area contributed by atoms with E-state index in [1.807, 2.05) is 0 Å². The third-order valence-electron chi connectivity index (χ3n) is 8.36. The molecule has 128 valence electrons. The highest BCUT2D eigenvalue weighted by Crippen LogP contribution is 2.65. The second kappa shape index (κ2) is 5.34. The minimum Gasteiger partial charge on any atom is -0.396 e. The summed E-state index contributed by atoms with van der Waals surface area (Å²) in [5, 5.41) is 12.7. The minimum atomic E-state index is 0.0930. The highest BCUT2D eigenvalue weighted by atomic mass is 16.3. The number of fused-ring (bicyclic) bond motifs is 5. The Morgan fingerprint density at radius 1 is 1.17 bits per heavy atom. The summed E-state index contributed by atoms with van der Waals surface area (Å²) in [6.45, 7) is 5.23. The molecule has 0 spiro atoms. The van der Waals surface area contributed by atoms with Crippen molar-refractivity contribution in [1.29, 1.82) is 0 Å². The van der Waals surface area contributed by atoms with E-state index in [-0.39, 0.29) is 11.3 Å². The molecule has 0 radical (unpaired) electrons. The van der Waals surface area contributed by atoms with Crippen LogP contribution < -0.4 is 5.32 Å². The fourth-order valence-electron chi connectivity index (χ4n) is 7.07. The summed E-state index contributed by atoms with van der Waals surface area (Å²) in [4.78, 5) is 11.7. The van der Waals surface area contributed by atoms with Gasteiger partial charge in [-0.2, -0.15) is 0 Å². The Morgan fingerprint density at radius 3 is 2.78 bits per heavy atom. The van der Waals surface area contributed by atoms with Crippen molar-refractivity contribution in [2.45, 2.75) is 64.8 Å². The van der Waals surface area contributed by atoms with Gasteiger partial charge in [-0.15, -0.1) is 0 Å². The van der Waals surface area contributed by atoms with Gasteiger partial charge in [0.25, 0.3) is 0 Å². The average molecular weight is 317 g/mol. The number of hydrogen-bond donors (Lipinski definition) is 2. The van der Waals surface area contributed by atoms with Crippen LogP contribution in [0.25, 0.3) is 0 Å². The number of rotatable bonds is 2. The second-order valence-corrected chi connectivity index (χ2v) is 9.05. The molecule has 0 aromatic heterocycles. The molecule has 3 aliphatic carbocycles. The number of hydrogen-bond acceptors (Lipinski definition) is 2. The topological polar surface area (TPSA) is 49.3 Å². The molecule has 1 amide bonds. The van der Waals surface area contributed by atoms with Crippen molar-refractivity contribution in [3.8, 4) is 0 Å². The third-order valence-corrected chi connectivity index (χ3v) is 8.36. The van der Waals surface area contributed by atoms with Crippen LogP contribution in [0.3, 0.4) is 0 Å². The van der Waals surface area contributed by atoms with Gasteiger partial charge in [0.2, 0.25) is 5.91 Å². The number of nitrogens with one attached hydrogen (secondary N) is 1. The average Bonchev–Trinajstić information content (AvgIpc) is 2.85. The van der Waals surface area contributed by atoms with Crippen LogP contribution in [0.4, 0.5) is 0 Å². The van der Waals surface area contributed by atoms with Gasteiger partial charge in [0.1, 0.15) is 0 Å². The van der Waals surface area contributed by atoms with E-state index in [1.54, 1.807) is 6.08 Å². The van der Waals surface area contributed by atoms with Gasteiger partial charge in [-0.05, 0) is 80.1 Å². The molecule has 3 fully saturated rings. The van der Waals surface area contributed by atoms with E-state index in [1.165, 1.54) is 32.1 Å². The summed E-state index contributed by atoms with van der Waals surface area (Å²) in [7, 11) is 0. The second-order valence-electron chi connectivity index (χ2n) is 9.05. The predicted molar refractivity (Wildman–Crippen MR) is 90.6 cm³/mol. The maximum absolute atomic E-state index is 11.7. The molecule has 0 unspecified atom stereocenters. The zero-order chi connectivity index (χ0) is 16.2. The lowest BCUT2D eigenvalue weighted by Gasteiger charge is -2.59. The lowest BCUT2D eigenvalue weighted by molar-refractivity contribution is -0.122. The first-order valence-corrected chi connectivity index (χ1v) is 9.59. The van der Waals surface area contributed by atoms with Crippen molar-refractivity contribution >= 4 is 5.91 Å². The van der Waals surface area contributed by atoms with Gasteiger partial charge in [-0.1, -0.05) is 19.9 Å². The molecule has 3 heteroatoms. The molecule has 3 nitrogen and oxygen atoms in total. The Bertz CT molecular complexity index is 530. The van der Waals surface area contributed by atoms with Crippen LogP contribution >= 0.6 is 0 Å². The van der Waals surface area contributed by atoms with Gasteiger partial charge in [-0.25, -0.2) is 0 Å².